The molecule has 1 aliphatic carbocycles. The largest absolute Gasteiger partial charge is 0.456 e. The molecule has 13 aromatic rings. The lowest BCUT2D eigenvalue weighted by atomic mass is 9.81. The first-order valence-electron chi connectivity index (χ1n) is 22.8. The maximum Gasteiger partial charge on any atom is 0.135 e. The highest BCUT2D eigenvalue weighted by Gasteiger charge is 2.37. The van der Waals surface area contributed by atoms with Crippen LogP contribution < -0.4 is 0 Å². The van der Waals surface area contributed by atoms with Gasteiger partial charge in [-0.2, -0.15) is 0 Å². The van der Waals surface area contributed by atoms with E-state index in [1.54, 1.807) is 0 Å². The quantitative estimate of drug-likeness (QED) is 0.173. The van der Waals surface area contributed by atoms with Crippen molar-refractivity contribution >= 4 is 65.7 Å². The molecule has 0 radical (unpaired) electrons. The Hall–Kier alpha value is -8.40. The summed E-state index contributed by atoms with van der Waals surface area (Å²) < 4.78 is 15.2. The van der Waals surface area contributed by atoms with Gasteiger partial charge in [0.05, 0.1) is 11.0 Å². The van der Waals surface area contributed by atoms with Crippen LogP contribution in [0.25, 0.3) is 127 Å². The fraction of sp³-hybridized carbons (Fsp3) is 0.0476. The molecule has 1 aliphatic rings. The van der Waals surface area contributed by atoms with E-state index in [1.165, 1.54) is 83.0 Å². The van der Waals surface area contributed by atoms with Gasteiger partial charge in [0.15, 0.2) is 0 Å². The molecular weight excluding hydrogens is 803 g/mol. The molecule has 0 N–H and O–H groups in total. The van der Waals surface area contributed by atoms with Gasteiger partial charge >= 0.3 is 0 Å². The van der Waals surface area contributed by atoms with Gasteiger partial charge in [0.1, 0.15) is 22.3 Å². The number of para-hydroxylation sites is 1. The Morgan fingerprint density at radius 2 is 0.697 bits per heavy atom. The second kappa shape index (κ2) is 13.8. The van der Waals surface area contributed by atoms with Gasteiger partial charge in [0, 0.05) is 43.4 Å². The highest BCUT2D eigenvalue weighted by atomic mass is 16.3. The first-order chi connectivity index (χ1) is 32.4. The zero-order valence-electron chi connectivity index (χ0n) is 36.5. The maximum atomic E-state index is 6.37. The van der Waals surface area contributed by atoms with Crippen LogP contribution >= 0.6 is 0 Å². The van der Waals surface area contributed by atoms with Crippen molar-refractivity contribution in [3.8, 4) is 61.3 Å². The molecule has 3 heterocycles. The molecule has 0 unspecified atom stereocenters. The van der Waals surface area contributed by atoms with Crippen molar-refractivity contribution in [2.75, 3.05) is 0 Å². The highest BCUT2D eigenvalue weighted by molar-refractivity contribution is 6.14. The van der Waals surface area contributed by atoms with E-state index >= 15 is 0 Å². The van der Waals surface area contributed by atoms with Crippen LogP contribution in [-0.2, 0) is 5.41 Å². The van der Waals surface area contributed by atoms with Crippen molar-refractivity contribution < 1.29 is 8.83 Å². The Balaban J connectivity index is 0.903. The number of aromatic nitrogens is 1. The van der Waals surface area contributed by atoms with Gasteiger partial charge in [-0.1, -0.05) is 135 Å². The molecule has 66 heavy (non-hydrogen) atoms. The van der Waals surface area contributed by atoms with E-state index in [0.717, 1.165) is 55.1 Å². The third-order valence-corrected chi connectivity index (χ3v) is 14.4. The topological polar surface area (TPSA) is 31.2 Å². The lowest BCUT2D eigenvalue weighted by molar-refractivity contribution is 0.661. The fourth-order valence-corrected chi connectivity index (χ4v) is 11.0. The maximum absolute atomic E-state index is 6.37. The average molecular weight is 844 g/mol. The first-order valence-corrected chi connectivity index (χ1v) is 22.8. The summed E-state index contributed by atoms with van der Waals surface area (Å²) in [6, 6.07) is 77.2. The van der Waals surface area contributed by atoms with Gasteiger partial charge in [0.2, 0.25) is 0 Å². The minimum atomic E-state index is -0.224. The van der Waals surface area contributed by atoms with Gasteiger partial charge in [-0.25, -0.2) is 0 Å². The van der Waals surface area contributed by atoms with Crippen LogP contribution in [0.5, 0.6) is 0 Å². The van der Waals surface area contributed by atoms with Gasteiger partial charge in [0.25, 0.3) is 0 Å². The molecule has 3 aromatic heterocycles. The summed E-state index contributed by atoms with van der Waals surface area (Å²) in [4.78, 5) is 0. The Bertz CT molecular complexity index is 4110. The molecule has 0 fully saturated rings. The van der Waals surface area contributed by atoms with Crippen molar-refractivity contribution in [1.82, 2.24) is 4.57 Å². The summed E-state index contributed by atoms with van der Waals surface area (Å²) in [6.07, 6.45) is 0. The molecule has 10 aromatic carbocycles. The fourth-order valence-electron chi connectivity index (χ4n) is 11.0. The molecule has 0 atom stereocenters. The van der Waals surface area contributed by atoms with Crippen LogP contribution in [-0.4, -0.2) is 4.57 Å². The normalized spacial score (nSPS) is 13.1. The third kappa shape index (κ3) is 5.50. The van der Waals surface area contributed by atoms with Crippen LogP contribution in [0.15, 0.2) is 221 Å². The molecular formula is C63H41NO2. The smallest absolute Gasteiger partial charge is 0.135 e. The van der Waals surface area contributed by atoms with E-state index in [-0.39, 0.29) is 5.41 Å². The number of fused-ring (bicyclic) bond motifs is 12. The number of benzene rings is 10. The number of hydrogen-bond donors (Lipinski definition) is 0. The molecule has 0 saturated carbocycles. The summed E-state index contributed by atoms with van der Waals surface area (Å²) in [5.74, 6) is 0. The van der Waals surface area contributed by atoms with Gasteiger partial charge < -0.3 is 13.4 Å². The van der Waals surface area contributed by atoms with Gasteiger partial charge in [-0.3, -0.25) is 0 Å². The second-order valence-electron chi connectivity index (χ2n) is 18.5. The van der Waals surface area contributed by atoms with E-state index in [0.29, 0.717) is 0 Å². The number of nitrogens with zero attached hydrogens (tertiary/aromatic N) is 1. The van der Waals surface area contributed by atoms with Crippen LogP contribution in [0, 0.1) is 0 Å². The Kier molecular flexibility index (Phi) is 7.74. The molecule has 0 amide bonds. The summed E-state index contributed by atoms with van der Waals surface area (Å²) >= 11 is 0. The lowest BCUT2D eigenvalue weighted by Gasteiger charge is -2.22. The summed E-state index contributed by atoms with van der Waals surface area (Å²) in [7, 11) is 0. The van der Waals surface area contributed by atoms with E-state index in [4.69, 9.17) is 8.83 Å². The van der Waals surface area contributed by atoms with Crippen molar-refractivity contribution in [3.05, 3.63) is 223 Å². The monoisotopic (exact) mass is 843 g/mol. The van der Waals surface area contributed by atoms with E-state index in [2.05, 4.69) is 231 Å². The van der Waals surface area contributed by atoms with Crippen molar-refractivity contribution in [3.63, 3.8) is 0 Å². The third-order valence-electron chi connectivity index (χ3n) is 14.4. The standard InChI is InChI=1S/C63H41NO2/c1-63(2)55-35-45(44-23-29-62-54(34-44)52-32-41(21-27-60(52)66-62)39-14-8-4-9-15-39)18-24-47(55)48-36-50-49-30-42(19-25-57(49)64(58(50)37-56(48)63)46-16-10-5-11-17-46)43-22-28-61-53(33-43)51-31-40(20-26-59(51)65-61)38-12-6-3-7-13-38/h3-37H,1-2H3. The highest BCUT2D eigenvalue weighted by Crippen LogP contribution is 2.52. The summed E-state index contributed by atoms with van der Waals surface area (Å²) in [5, 5.41) is 7.00. The molecule has 0 aliphatic heterocycles. The SMILES string of the molecule is CC1(C)c2cc(-c3ccc4oc5ccc(-c6ccccc6)cc5c4c3)ccc2-c2cc3c4cc(-c5ccc6oc7ccc(-c8ccccc8)cc7c6c5)ccc4n(-c4ccccc4)c3cc21. The molecule has 3 heteroatoms. The minimum absolute atomic E-state index is 0.224. The molecule has 0 saturated heterocycles. The minimum Gasteiger partial charge on any atom is -0.456 e. The van der Waals surface area contributed by atoms with Crippen LogP contribution in [0.3, 0.4) is 0 Å². The Morgan fingerprint density at radius 1 is 0.303 bits per heavy atom. The zero-order valence-corrected chi connectivity index (χ0v) is 36.5. The van der Waals surface area contributed by atoms with Crippen LogP contribution in [0.2, 0.25) is 0 Å². The Morgan fingerprint density at radius 3 is 1.21 bits per heavy atom. The molecule has 14 rings (SSSR count). The van der Waals surface area contributed by atoms with E-state index in [9.17, 15) is 0 Å². The van der Waals surface area contributed by atoms with Crippen molar-refractivity contribution in [2.45, 2.75) is 19.3 Å². The van der Waals surface area contributed by atoms with Crippen LogP contribution in [0.4, 0.5) is 0 Å². The predicted octanol–water partition coefficient (Wildman–Crippen LogP) is 17.6. The summed E-state index contributed by atoms with van der Waals surface area (Å²) in [6.45, 7) is 4.77. The number of hydrogen-bond acceptors (Lipinski definition) is 2. The molecule has 0 bridgehead atoms. The molecule has 310 valence electrons. The second-order valence-corrected chi connectivity index (χ2v) is 18.5. The predicted molar refractivity (Wildman–Crippen MR) is 275 cm³/mol. The lowest BCUT2D eigenvalue weighted by Crippen LogP contribution is -2.15. The number of furan rings is 2. The first kappa shape index (κ1) is 37.0. The zero-order chi connectivity index (χ0) is 43.7. The van der Waals surface area contributed by atoms with E-state index < -0.39 is 0 Å². The van der Waals surface area contributed by atoms with Crippen LogP contribution in [0.1, 0.15) is 25.0 Å². The van der Waals surface area contributed by atoms with E-state index in [1.807, 2.05) is 0 Å². The molecule has 3 nitrogen and oxygen atoms in total. The van der Waals surface area contributed by atoms with Gasteiger partial charge in [-0.15, -0.1) is 0 Å². The van der Waals surface area contributed by atoms with Crippen molar-refractivity contribution in [1.29, 1.82) is 0 Å². The van der Waals surface area contributed by atoms with Gasteiger partial charge in [-0.05, 0) is 158 Å². The molecule has 0 spiro atoms. The Labute approximate surface area is 381 Å². The average Bonchev–Trinajstić information content (AvgIpc) is 4.09. The van der Waals surface area contributed by atoms with Crippen molar-refractivity contribution in [2.24, 2.45) is 0 Å². The summed E-state index contributed by atoms with van der Waals surface area (Å²) in [5.41, 5.74) is 21.7. The number of rotatable bonds is 5.